The van der Waals surface area contributed by atoms with Crippen molar-refractivity contribution in [2.24, 2.45) is 10.8 Å². The van der Waals surface area contributed by atoms with Crippen molar-refractivity contribution in [2.75, 3.05) is 5.01 Å². The van der Waals surface area contributed by atoms with E-state index in [2.05, 4.69) is 22.2 Å². The number of nitrogens with two attached hydrogens (primary N) is 1. The minimum Gasteiger partial charge on any atom is -0.386 e. The van der Waals surface area contributed by atoms with E-state index in [4.69, 9.17) is 17.3 Å². The number of hydrogen-bond donors (Lipinski definition) is 1. The summed E-state index contributed by atoms with van der Waals surface area (Å²) in [5.41, 5.74) is 7.04. The number of aromatic nitrogens is 1. The lowest BCUT2D eigenvalue weighted by Crippen LogP contribution is -2.19. The lowest BCUT2D eigenvalue weighted by atomic mass is 10.0. The number of amidine groups is 1. The Morgan fingerprint density at radius 2 is 1.95 bits per heavy atom. The molecule has 1 atom stereocenters. The average molecular weight is 273 g/mol. The highest BCUT2D eigenvalue weighted by molar-refractivity contribution is 6.30. The Bertz CT molecular complexity index is 595. The molecule has 0 radical (unpaired) electrons. The first-order valence-corrected chi connectivity index (χ1v) is 6.40. The Hall–Kier alpha value is -2.07. The van der Waals surface area contributed by atoms with Crippen molar-refractivity contribution < 1.29 is 0 Å². The van der Waals surface area contributed by atoms with E-state index in [9.17, 15) is 0 Å². The van der Waals surface area contributed by atoms with Gasteiger partial charge in [-0.3, -0.25) is 0 Å². The van der Waals surface area contributed by atoms with Crippen molar-refractivity contribution in [2.45, 2.75) is 12.5 Å². The molecule has 0 aliphatic carbocycles. The van der Waals surface area contributed by atoms with Gasteiger partial charge in [0.15, 0.2) is 0 Å². The van der Waals surface area contributed by atoms with E-state index in [1.54, 1.807) is 12.3 Å². The van der Waals surface area contributed by atoms with Gasteiger partial charge in [-0.15, -0.1) is 0 Å². The summed E-state index contributed by atoms with van der Waals surface area (Å²) in [6.45, 7) is 0. The van der Waals surface area contributed by atoms with Crippen LogP contribution in [0.5, 0.6) is 0 Å². The first kappa shape index (κ1) is 12.0. The molecule has 0 bridgehead atoms. The highest BCUT2D eigenvalue weighted by atomic mass is 35.5. The van der Waals surface area contributed by atoms with E-state index < -0.39 is 0 Å². The molecule has 0 spiro atoms. The molecule has 0 saturated heterocycles. The zero-order valence-electron chi connectivity index (χ0n) is 10.2. The van der Waals surface area contributed by atoms with Gasteiger partial charge in [0.1, 0.15) is 11.7 Å². The third-order valence-corrected chi connectivity index (χ3v) is 3.29. The first-order valence-electron chi connectivity index (χ1n) is 6.03. The van der Waals surface area contributed by atoms with Gasteiger partial charge in [-0.1, -0.05) is 41.9 Å². The highest BCUT2D eigenvalue weighted by Crippen LogP contribution is 2.33. The van der Waals surface area contributed by atoms with Gasteiger partial charge in [-0.05, 0) is 17.7 Å². The summed E-state index contributed by atoms with van der Waals surface area (Å²) in [6, 6.07) is 13.9. The topological polar surface area (TPSA) is 54.5 Å². The van der Waals surface area contributed by atoms with Gasteiger partial charge in [-0.25, -0.2) is 9.99 Å². The number of nitrogens with zero attached hydrogens (tertiary/aromatic N) is 3. The van der Waals surface area contributed by atoms with Gasteiger partial charge >= 0.3 is 0 Å². The number of anilines is 1. The lowest BCUT2D eigenvalue weighted by molar-refractivity contribution is 0.698. The van der Waals surface area contributed by atoms with Crippen LogP contribution in [0.3, 0.4) is 0 Å². The summed E-state index contributed by atoms with van der Waals surface area (Å²) in [4.78, 5) is 4.30. The van der Waals surface area contributed by atoms with Gasteiger partial charge in [0, 0.05) is 12.6 Å². The quantitative estimate of drug-likeness (QED) is 0.914. The Morgan fingerprint density at radius 3 is 2.63 bits per heavy atom. The molecule has 2 heterocycles. The van der Waals surface area contributed by atoms with Crippen molar-refractivity contribution in [3.8, 4) is 0 Å². The number of rotatable bonds is 2. The Kier molecular flexibility index (Phi) is 3.09. The predicted molar refractivity (Wildman–Crippen MR) is 77.1 cm³/mol. The van der Waals surface area contributed by atoms with E-state index in [1.807, 2.05) is 29.3 Å². The fourth-order valence-electron chi connectivity index (χ4n) is 2.18. The number of benzene rings is 1. The molecule has 4 nitrogen and oxygen atoms in total. The van der Waals surface area contributed by atoms with Crippen molar-refractivity contribution in [1.29, 1.82) is 0 Å². The van der Waals surface area contributed by atoms with Gasteiger partial charge in [-0.2, -0.15) is 5.10 Å². The summed E-state index contributed by atoms with van der Waals surface area (Å²) >= 11 is 5.86. The maximum absolute atomic E-state index is 5.87. The van der Waals surface area contributed by atoms with Gasteiger partial charge < -0.3 is 5.73 Å². The van der Waals surface area contributed by atoms with Crippen LogP contribution in [0, 0.1) is 0 Å². The molecular weight excluding hydrogens is 260 g/mol. The predicted octanol–water partition coefficient (Wildman–Crippen LogP) is 2.96. The minimum absolute atomic E-state index is 0.0925. The summed E-state index contributed by atoms with van der Waals surface area (Å²) < 4.78 is 0. The van der Waals surface area contributed by atoms with E-state index >= 15 is 0 Å². The third kappa shape index (κ3) is 2.39. The minimum atomic E-state index is 0.0925. The SMILES string of the molecule is NC1=NN(c2ccc(Cl)cn2)C(c2ccccc2)C1. The monoisotopic (exact) mass is 272 g/mol. The van der Waals surface area contributed by atoms with E-state index in [0.717, 1.165) is 5.82 Å². The van der Waals surface area contributed by atoms with Gasteiger partial charge in [0.2, 0.25) is 0 Å². The molecule has 1 aromatic carbocycles. The molecular formula is C14H13ClN4. The maximum atomic E-state index is 5.87. The van der Waals surface area contributed by atoms with Crippen LogP contribution in [-0.2, 0) is 0 Å². The largest absolute Gasteiger partial charge is 0.386 e. The zero-order valence-corrected chi connectivity index (χ0v) is 11.0. The molecule has 1 aliphatic rings. The van der Waals surface area contributed by atoms with Crippen LogP contribution in [0.2, 0.25) is 5.02 Å². The van der Waals surface area contributed by atoms with E-state index in [-0.39, 0.29) is 6.04 Å². The van der Waals surface area contributed by atoms with Gasteiger partial charge in [0.05, 0.1) is 11.1 Å². The Balaban J connectivity index is 1.96. The van der Waals surface area contributed by atoms with Crippen molar-refractivity contribution in [3.63, 3.8) is 0 Å². The molecule has 1 aliphatic heterocycles. The molecule has 0 amide bonds. The summed E-state index contributed by atoms with van der Waals surface area (Å²) in [6.07, 6.45) is 2.32. The lowest BCUT2D eigenvalue weighted by Gasteiger charge is -2.22. The van der Waals surface area contributed by atoms with E-state index in [0.29, 0.717) is 17.3 Å². The number of halogens is 1. The molecule has 1 unspecified atom stereocenters. The zero-order chi connectivity index (χ0) is 13.2. The van der Waals surface area contributed by atoms with Gasteiger partial charge in [0.25, 0.3) is 0 Å². The summed E-state index contributed by atoms with van der Waals surface area (Å²) in [5, 5.41) is 6.82. The first-order chi connectivity index (χ1) is 9.24. The fraction of sp³-hybridized carbons (Fsp3) is 0.143. The molecule has 5 heteroatoms. The molecule has 0 fully saturated rings. The smallest absolute Gasteiger partial charge is 0.149 e. The van der Waals surface area contributed by atoms with Crippen LogP contribution >= 0.6 is 11.6 Å². The fourth-order valence-corrected chi connectivity index (χ4v) is 2.29. The molecule has 0 saturated carbocycles. The summed E-state index contributed by atoms with van der Waals surface area (Å²) in [5.74, 6) is 1.37. The van der Waals surface area contributed by atoms with Crippen LogP contribution < -0.4 is 10.7 Å². The van der Waals surface area contributed by atoms with Crippen molar-refractivity contribution in [3.05, 3.63) is 59.2 Å². The number of hydrogen-bond acceptors (Lipinski definition) is 4. The Labute approximate surface area is 116 Å². The molecule has 3 rings (SSSR count). The molecule has 96 valence electrons. The second-order valence-corrected chi connectivity index (χ2v) is 4.84. The standard InChI is InChI=1S/C14H13ClN4/c15-11-6-7-14(17-9-11)19-12(8-13(16)18-19)10-4-2-1-3-5-10/h1-7,9,12H,8H2,(H2,16,18). The normalized spacial score (nSPS) is 18.5. The summed E-state index contributed by atoms with van der Waals surface area (Å²) in [7, 11) is 0. The Morgan fingerprint density at radius 1 is 1.16 bits per heavy atom. The third-order valence-electron chi connectivity index (χ3n) is 3.06. The highest BCUT2D eigenvalue weighted by Gasteiger charge is 2.28. The van der Waals surface area contributed by atoms with Crippen LogP contribution in [-0.4, -0.2) is 10.8 Å². The second kappa shape index (κ2) is 4.90. The average Bonchev–Trinajstić information content (AvgIpc) is 2.83. The van der Waals surface area contributed by atoms with Crippen molar-refractivity contribution in [1.82, 2.24) is 4.98 Å². The molecule has 19 heavy (non-hydrogen) atoms. The van der Waals surface area contributed by atoms with Crippen LogP contribution in [0.1, 0.15) is 18.0 Å². The molecule has 2 aromatic rings. The van der Waals surface area contributed by atoms with Crippen LogP contribution in [0.25, 0.3) is 0 Å². The molecule has 1 aromatic heterocycles. The number of pyridine rings is 1. The molecule has 2 N–H and O–H groups in total. The van der Waals surface area contributed by atoms with Crippen LogP contribution in [0.4, 0.5) is 5.82 Å². The van der Waals surface area contributed by atoms with E-state index in [1.165, 1.54) is 5.56 Å². The van der Waals surface area contributed by atoms with Crippen LogP contribution in [0.15, 0.2) is 53.8 Å². The van der Waals surface area contributed by atoms with Crippen molar-refractivity contribution >= 4 is 23.3 Å². The maximum Gasteiger partial charge on any atom is 0.149 e. The second-order valence-electron chi connectivity index (χ2n) is 4.40. The number of hydrazone groups is 1.